The monoisotopic (exact) mass is 234 g/mol. The Morgan fingerprint density at radius 3 is 2.86 bits per heavy atom. The highest BCUT2D eigenvalue weighted by Gasteiger charge is 2.17. The van der Waals surface area contributed by atoms with Crippen molar-refractivity contribution in [1.29, 1.82) is 0 Å². The highest BCUT2D eigenvalue weighted by molar-refractivity contribution is 7.86. The molecule has 0 bridgehead atoms. The normalized spacial score (nSPS) is 12.1. The maximum absolute atomic E-state index is 12.7. The largest absolute Gasteiger partial charge is 0.359 e. The molecule has 2 heterocycles. The van der Waals surface area contributed by atoms with Gasteiger partial charge in [0, 0.05) is 11.6 Å². The van der Waals surface area contributed by atoms with Gasteiger partial charge in [-0.15, -0.1) is 3.89 Å². The van der Waals surface area contributed by atoms with E-state index in [-0.39, 0.29) is 10.5 Å². The number of halogens is 2. The topological polar surface area (TPSA) is 62.8 Å². The second kappa shape index (κ2) is 2.93. The minimum absolute atomic E-state index is 0.113. The summed E-state index contributed by atoms with van der Waals surface area (Å²) in [5, 5.41) is 0.314. The van der Waals surface area contributed by atoms with Gasteiger partial charge in [-0.25, -0.2) is 4.98 Å². The van der Waals surface area contributed by atoms with Crippen molar-refractivity contribution in [3.8, 4) is 0 Å². The molecule has 0 fully saturated rings. The van der Waals surface area contributed by atoms with E-state index in [2.05, 4.69) is 9.97 Å². The summed E-state index contributed by atoms with van der Waals surface area (Å²) in [6.07, 6.45) is 2.41. The molecule has 74 valence electrons. The molecule has 0 saturated heterocycles. The summed E-state index contributed by atoms with van der Waals surface area (Å²) in [6, 6.07) is 1.29. The Morgan fingerprint density at radius 2 is 2.21 bits per heavy atom. The molecule has 2 aromatic heterocycles. The molecule has 0 aromatic carbocycles. The summed E-state index contributed by atoms with van der Waals surface area (Å²) in [5.74, 6) is 0. The third-order valence-electron chi connectivity index (χ3n) is 1.76. The van der Waals surface area contributed by atoms with Crippen LogP contribution in [0.3, 0.4) is 0 Å². The smallest absolute Gasteiger partial charge is 0.334 e. The zero-order valence-corrected chi connectivity index (χ0v) is 8.23. The third kappa shape index (κ3) is 1.46. The number of rotatable bonds is 1. The Hall–Kier alpha value is -1.14. The van der Waals surface area contributed by atoms with Crippen molar-refractivity contribution in [3.05, 3.63) is 23.6 Å². The maximum Gasteiger partial charge on any atom is 0.334 e. The third-order valence-corrected chi connectivity index (χ3v) is 2.83. The van der Waals surface area contributed by atoms with E-state index in [1.165, 1.54) is 12.3 Å². The van der Waals surface area contributed by atoms with Crippen LogP contribution in [-0.2, 0) is 10.2 Å². The molecule has 0 atom stereocenters. The van der Waals surface area contributed by atoms with E-state index < -0.39 is 15.1 Å². The second-order valence-electron chi connectivity index (χ2n) is 2.64. The highest BCUT2D eigenvalue weighted by Crippen LogP contribution is 2.25. The summed E-state index contributed by atoms with van der Waals surface area (Å²) in [7, 11) is -4.72. The van der Waals surface area contributed by atoms with Gasteiger partial charge in [-0.2, -0.15) is 8.42 Å². The number of nitrogens with zero attached hydrogens (tertiary/aromatic N) is 1. The summed E-state index contributed by atoms with van der Waals surface area (Å²) in [5.41, 5.74) is 0.422. The molecule has 0 aliphatic heterocycles. The zero-order valence-electron chi connectivity index (χ0n) is 6.66. The number of aromatic amines is 1. The zero-order chi connectivity index (χ0) is 10.3. The highest BCUT2D eigenvalue weighted by atomic mass is 35.5. The lowest BCUT2D eigenvalue weighted by molar-refractivity contribution is 0.553. The molecular formula is C7H4ClFN2O2S. The van der Waals surface area contributed by atoms with Crippen LogP contribution < -0.4 is 0 Å². The van der Waals surface area contributed by atoms with Crippen LogP contribution in [0.25, 0.3) is 10.9 Å². The van der Waals surface area contributed by atoms with Crippen molar-refractivity contribution in [2.24, 2.45) is 0 Å². The number of aromatic nitrogens is 2. The number of hydrogen-bond acceptors (Lipinski definition) is 3. The van der Waals surface area contributed by atoms with E-state index in [4.69, 9.17) is 11.6 Å². The average molecular weight is 235 g/mol. The standard InChI is InChI=1S/C7H4ClFN2O2S/c8-7-1-4-5(2-11-7)10-3-6(4)14(9,12)13/h1-3,10H. The lowest BCUT2D eigenvalue weighted by atomic mass is 10.3. The first-order valence-corrected chi connectivity index (χ1v) is 5.32. The summed E-state index contributed by atoms with van der Waals surface area (Å²) in [6.45, 7) is 0. The average Bonchev–Trinajstić information content (AvgIpc) is 2.45. The Morgan fingerprint density at radius 1 is 1.50 bits per heavy atom. The molecule has 2 aromatic rings. The van der Waals surface area contributed by atoms with E-state index >= 15 is 0 Å². The van der Waals surface area contributed by atoms with Crippen LogP contribution in [0.15, 0.2) is 23.4 Å². The number of pyridine rings is 1. The molecule has 0 amide bonds. The van der Waals surface area contributed by atoms with Crippen molar-refractivity contribution in [3.63, 3.8) is 0 Å². The van der Waals surface area contributed by atoms with Crippen molar-refractivity contribution in [2.45, 2.75) is 4.90 Å². The van der Waals surface area contributed by atoms with Gasteiger partial charge in [0.05, 0.1) is 11.7 Å². The van der Waals surface area contributed by atoms with Gasteiger partial charge in [0.15, 0.2) is 0 Å². The minimum Gasteiger partial charge on any atom is -0.359 e. The molecule has 0 saturated carbocycles. The number of hydrogen-bond donors (Lipinski definition) is 1. The second-order valence-corrected chi connectivity index (χ2v) is 4.35. The Balaban J connectivity index is 2.87. The molecule has 0 aliphatic rings. The van der Waals surface area contributed by atoms with Gasteiger partial charge in [0.2, 0.25) is 0 Å². The van der Waals surface area contributed by atoms with Gasteiger partial charge in [0.25, 0.3) is 0 Å². The van der Waals surface area contributed by atoms with Gasteiger partial charge in [0.1, 0.15) is 10.0 Å². The molecule has 4 nitrogen and oxygen atoms in total. The number of H-pyrrole nitrogens is 1. The fraction of sp³-hybridized carbons (Fsp3) is 0. The first kappa shape index (κ1) is 9.42. The Labute approximate surface area is 83.9 Å². The lowest BCUT2D eigenvalue weighted by Crippen LogP contribution is -1.89. The molecular weight excluding hydrogens is 231 g/mol. The quantitative estimate of drug-likeness (QED) is 0.605. The number of nitrogens with one attached hydrogen (secondary N) is 1. The summed E-state index contributed by atoms with van der Waals surface area (Å²) < 4.78 is 34.0. The predicted octanol–water partition coefficient (Wildman–Crippen LogP) is 1.87. The Bertz CT molecular complexity index is 593. The van der Waals surface area contributed by atoms with Gasteiger partial charge < -0.3 is 4.98 Å². The van der Waals surface area contributed by atoms with Crippen LogP contribution in [0.1, 0.15) is 0 Å². The van der Waals surface area contributed by atoms with E-state index in [1.54, 1.807) is 0 Å². The van der Waals surface area contributed by atoms with Crippen molar-refractivity contribution in [1.82, 2.24) is 9.97 Å². The fourth-order valence-corrected chi connectivity index (χ4v) is 1.96. The van der Waals surface area contributed by atoms with Gasteiger partial charge in [-0.3, -0.25) is 0 Å². The van der Waals surface area contributed by atoms with Crippen LogP contribution in [-0.4, -0.2) is 18.4 Å². The van der Waals surface area contributed by atoms with Crippen LogP contribution in [0.2, 0.25) is 5.15 Å². The molecule has 0 spiro atoms. The van der Waals surface area contributed by atoms with Crippen molar-refractivity contribution < 1.29 is 12.3 Å². The maximum atomic E-state index is 12.7. The Kier molecular flexibility index (Phi) is 1.97. The van der Waals surface area contributed by atoms with Crippen LogP contribution in [0.5, 0.6) is 0 Å². The summed E-state index contributed by atoms with van der Waals surface area (Å²) >= 11 is 5.56. The van der Waals surface area contributed by atoms with E-state index in [1.807, 2.05) is 0 Å². The van der Waals surface area contributed by atoms with Gasteiger partial charge in [-0.05, 0) is 6.07 Å². The van der Waals surface area contributed by atoms with Crippen molar-refractivity contribution in [2.75, 3.05) is 0 Å². The first-order chi connectivity index (χ1) is 6.48. The fourth-order valence-electron chi connectivity index (χ4n) is 1.17. The first-order valence-electron chi connectivity index (χ1n) is 3.56. The molecule has 0 radical (unpaired) electrons. The number of fused-ring (bicyclic) bond motifs is 1. The molecule has 2 rings (SSSR count). The minimum atomic E-state index is -4.72. The summed E-state index contributed by atoms with van der Waals surface area (Å²) in [4.78, 5) is 5.88. The molecule has 0 aliphatic carbocycles. The van der Waals surface area contributed by atoms with E-state index in [9.17, 15) is 12.3 Å². The van der Waals surface area contributed by atoms with Crippen LogP contribution >= 0.6 is 11.6 Å². The van der Waals surface area contributed by atoms with E-state index in [0.29, 0.717) is 5.52 Å². The molecule has 1 N–H and O–H groups in total. The molecule has 0 unspecified atom stereocenters. The van der Waals surface area contributed by atoms with Crippen LogP contribution in [0, 0.1) is 0 Å². The lowest BCUT2D eigenvalue weighted by Gasteiger charge is -1.92. The molecule has 7 heteroatoms. The molecule has 14 heavy (non-hydrogen) atoms. The van der Waals surface area contributed by atoms with Gasteiger partial charge in [-0.1, -0.05) is 11.6 Å². The van der Waals surface area contributed by atoms with Crippen molar-refractivity contribution >= 4 is 32.7 Å². The SMILES string of the molecule is O=S(=O)(F)c1c[nH]c2cnc(Cl)cc12. The predicted molar refractivity (Wildman–Crippen MR) is 49.4 cm³/mol. The van der Waals surface area contributed by atoms with E-state index in [0.717, 1.165) is 6.20 Å². The van der Waals surface area contributed by atoms with Crippen LogP contribution in [0.4, 0.5) is 3.89 Å². The van der Waals surface area contributed by atoms with Gasteiger partial charge >= 0.3 is 10.2 Å².